The van der Waals surface area contributed by atoms with E-state index in [0.717, 1.165) is 0 Å². The molecule has 4 amide bonds. The van der Waals surface area contributed by atoms with Crippen molar-refractivity contribution in [3.05, 3.63) is 0 Å². The lowest BCUT2D eigenvalue weighted by Gasteiger charge is -2.20. The van der Waals surface area contributed by atoms with Crippen molar-refractivity contribution < 1.29 is 24.2 Å². The summed E-state index contributed by atoms with van der Waals surface area (Å²) in [6.07, 6.45) is 0. The average molecular weight is 202 g/mol. The first-order valence-corrected chi connectivity index (χ1v) is 3.99. The van der Waals surface area contributed by atoms with Crippen molar-refractivity contribution in [2.75, 3.05) is 19.8 Å². The van der Waals surface area contributed by atoms with Crippen LogP contribution in [0.2, 0.25) is 0 Å². The highest BCUT2D eigenvalue weighted by Gasteiger charge is 2.33. The molecule has 0 aromatic rings. The van der Waals surface area contributed by atoms with Crippen molar-refractivity contribution in [2.24, 2.45) is 5.92 Å². The molecule has 0 aromatic heterocycles. The molecule has 78 valence electrons. The predicted molar refractivity (Wildman–Crippen MR) is 43.1 cm³/mol. The van der Waals surface area contributed by atoms with E-state index in [0.29, 0.717) is 0 Å². The second-order valence-corrected chi connectivity index (χ2v) is 2.66. The van der Waals surface area contributed by atoms with Gasteiger partial charge in [-0.05, 0) is 0 Å². The van der Waals surface area contributed by atoms with Crippen molar-refractivity contribution in [2.45, 2.75) is 0 Å². The van der Waals surface area contributed by atoms with Crippen LogP contribution in [-0.4, -0.2) is 42.8 Å². The van der Waals surface area contributed by atoms with Crippen LogP contribution in [0.15, 0.2) is 0 Å². The van der Waals surface area contributed by atoms with Gasteiger partial charge in [0.15, 0.2) is 0 Å². The number of barbiturate groups is 1. The van der Waals surface area contributed by atoms with E-state index in [-0.39, 0.29) is 19.8 Å². The number of carbonyl (C=O) groups excluding carboxylic acids is 3. The van der Waals surface area contributed by atoms with Crippen LogP contribution in [0.1, 0.15) is 0 Å². The van der Waals surface area contributed by atoms with Gasteiger partial charge in [-0.2, -0.15) is 0 Å². The van der Waals surface area contributed by atoms with Crippen molar-refractivity contribution in [3.63, 3.8) is 0 Å². The predicted octanol–water partition coefficient (Wildman–Crippen LogP) is -2.02. The second kappa shape index (κ2) is 4.68. The number of hydrogen-bond acceptors (Lipinski definition) is 5. The van der Waals surface area contributed by atoms with Crippen LogP contribution in [0.3, 0.4) is 0 Å². The minimum absolute atomic E-state index is 0.0466. The molecule has 3 N–H and O–H groups in total. The summed E-state index contributed by atoms with van der Waals surface area (Å²) in [6, 6.07) is -0.821. The van der Waals surface area contributed by atoms with E-state index in [1.807, 2.05) is 10.6 Å². The summed E-state index contributed by atoms with van der Waals surface area (Å²) in [5.41, 5.74) is 0. The van der Waals surface area contributed by atoms with Crippen molar-refractivity contribution in [3.8, 4) is 0 Å². The Balaban J connectivity index is 2.46. The number of urea groups is 1. The summed E-state index contributed by atoms with van der Waals surface area (Å²) < 4.78 is 4.82. The monoisotopic (exact) mass is 202 g/mol. The SMILES string of the molecule is O=C1NC(=O)C(COCCO)C(=O)N1. The van der Waals surface area contributed by atoms with Crippen LogP contribution in [0, 0.1) is 5.92 Å². The number of carbonyl (C=O) groups is 3. The molecule has 1 heterocycles. The normalized spacial score (nSPS) is 17.9. The van der Waals surface area contributed by atoms with Crippen molar-refractivity contribution in [1.82, 2.24) is 10.6 Å². The quantitative estimate of drug-likeness (QED) is 0.360. The van der Waals surface area contributed by atoms with Crippen LogP contribution in [0.4, 0.5) is 4.79 Å². The second-order valence-electron chi connectivity index (χ2n) is 2.66. The number of ether oxygens (including phenoxy) is 1. The topological polar surface area (TPSA) is 105 Å². The fourth-order valence-corrected chi connectivity index (χ4v) is 0.965. The van der Waals surface area contributed by atoms with Crippen LogP contribution >= 0.6 is 0 Å². The molecule has 0 spiro atoms. The fourth-order valence-electron chi connectivity index (χ4n) is 0.965. The number of amides is 4. The van der Waals surface area contributed by atoms with Crippen LogP contribution < -0.4 is 10.6 Å². The largest absolute Gasteiger partial charge is 0.394 e. The zero-order chi connectivity index (χ0) is 10.6. The number of imide groups is 2. The zero-order valence-corrected chi connectivity index (χ0v) is 7.28. The van der Waals surface area contributed by atoms with Crippen molar-refractivity contribution in [1.29, 1.82) is 0 Å². The van der Waals surface area contributed by atoms with Crippen molar-refractivity contribution >= 4 is 17.8 Å². The maximum Gasteiger partial charge on any atom is 0.328 e. The molecule has 1 aliphatic heterocycles. The zero-order valence-electron chi connectivity index (χ0n) is 7.28. The molecule has 14 heavy (non-hydrogen) atoms. The number of aliphatic hydroxyl groups is 1. The molecule has 1 fully saturated rings. The van der Waals surface area contributed by atoms with E-state index in [1.54, 1.807) is 0 Å². The Kier molecular flexibility index (Phi) is 3.55. The van der Waals surface area contributed by atoms with Gasteiger partial charge in [0, 0.05) is 0 Å². The Morgan fingerprint density at radius 3 is 2.29 bits per heavy atom. The van der Waals surface area contributed by atoms with Crippen LogP contribution in [-0.2, 0) is 14.3 Å². The third kappa shape index (κ3) is 2.51. The van der Waals surface area contributed by atoms with Gasteiger partial charge in [0.1, 0.15) is 5.92 Å². The summed E-state index contributed by atoms with van der Waals surface area (Å²) in [7, 11) is 0. The molecular weight excluding hydrogens is 192 g/mol. The van der Waals surface area contributed by atoms with Crippen LogP contribution in [0.5, 0.6) is 0 Å². The molecule has 0 radical (unpaired) electrons. The first-order chi connectivity index (χ1) is 6.65. The Bertz CT molecular complexity index is 245. The summed E-state index contributed by atoms with van der Waals surface area (Å²) in [5.74, 6) is -2.40. The lowest BCUT2D eigenvalue weighted by atomic mass is 10.1. The highest BCUT2D eigenvalue weighted by Crippen LogP contribution is 2.02. The molecule has 0 aromatic carbocycles. The highest BCUT2D eigenvalue weighted by atomic mass is 16.5. The lowest BCUT2D eigenvalue weighted by molar-refractivity contribution is -0.138. The minimum Gasteiger partial charge on any atom is -0.394 e. The standard InChI is InChI=1S/C7H10N2O5/c10-1-2-14-3-4-5(11)8-7(13)9-6(4)12/h4,10H,1-3H2,(H2,8,9,11,12,13). The third-order valence-electron chi connectivity index (χ3n) is 1.63. The Labute approximate surface area is 79.4 Å². The van der Waals surface area contributed by atoms with Crippen LogP contribution in [0.25, 0.3) is 0 Å². The maximum absolute atomic E-state index is 11.1. The average Bonchev–Trinajstić information content (AvgIpc) is 2.09. The van der Waals surface area contributed by atoms with Gasteiger partial charge in [-0.15, -0.1) is 0 Å². The number of nitrogens with one attached hydrogen (secondary N) is 2. The summed E-state index contributed by atoms with van der Waals surface area (Å²) in [4.78, 5) is 32.8. The van der Waals surface area contributed by atoms with Gasteiger partial charge in [0.25, 0.3) is 0 Å². The van der Waals surface area contributed by atoms with E-state index in [2.05, 4.69) is 0 Å². The molecular formula is C7H10N2O5. The molecule has 1 saturated heterocycles. The van der Waals surface area contributed by atoms with Gasteiger partial charge >= 0.3 is 6.03 Å². The van der Waals surface area contributed by atoms with Gasteiger partial charge in [0.2, 0.25) is 11.8 Å². The van der Waals surface area contributed by atoms with Gasteiger partial charge in [-0.3, -0.25) is 20.2 Å². The van der Waals surface area contributed by atoms with Gasteiger partial charge in [-0.25, -0.2) is 4.79 Å². The molecule has 0 bridgehead atoms. The van der Waals surface area contributed by atoms with E-state index in [1.165, 1.54) is 0 Å². The number of aliphatic hydroxyl groups excluding tert-OH is 1. The third-order valence-corrected chi connectivity index (χ3v) is 1.63. The van der Waals surface area contributed by atoms with E-state index in [4.69, 9.17) is 9.84 Å². The van der Waals surface area contributed by atoms with E-state index in [9.17, 15) is 14.4 Å². The first kappa shape index (κ1) is 10.6. The van der Waals surface area contributed by atoms with E-state index >= 15 is 0 Å². The molecule has 0 unspecified atom stereocenters. The van der Waals surface area contributed by atoms with E-state index < -0.39 is 23.8 Å². The van der Waals surface area contributed by atoms with Gasteiger partial charge in [-0.1, -0.05) is 0 Å². The molecule has 7 heteroatoms. The lowest BCUT2D eigenvalue weighted by Crippen LogP contribution is -2.56. The highest BCUT2D eigenvalue weighted by molar-refractivity contribution is 6.16. The minimum atomic E-state index is -1.03. The smallest absolute Gasteiger partial charge is 0.328 e. The molecule has 1 rings (SSSR count). The fraction of sp³-hybridized carbons (Fsp3) is 0.571. The molecule has 1 aliphatic rings. The van der Waals surface area contributed by atoms with Gasteiger partial charge < -0.3 is 9.84 Å². The molecule has 0 aliphatic carbocycles. The molecule has 0 atom stereocenters. The number of rotatable bonds is 4. The summed E-state index contributed by atoms with van der Waals surface area (Å²) in [6.45, 7) is -0.286. The Morgan fingerprint density at radius 1 is 1.21 bits per heavy atom. The summed E-state index contributed by atoms with van der Waals surface area (Å²) in [5, 5.41) is 12.3. The Hall–Kier alpha value is -1.47. The molecule has 0 saturated carbocycles. The first-order valence-electron chi connectivity index (χ1n) is 3.99. The van der Waals surface area contributed by atoms with Gasteiger partial charge in [0.05, 0.1) is 19.8 Å². The summed E-state index contributed by atoms with van der Waals surface area (Å²) >= 11 is 0. The maximum atomic E-state index is 11.1. The Morgan fingerprint density at radius 2 is 1.79 bits per heavy atom. The molecule has 7 nitrogen and oxygen atoms in total. The number of hydrogen-bond donors (Lipinski definition) is 3.